The molecule has 2 atom stereocenters. The van der Waals surface area contributed by atoms with Gasteiger partial charge >= 0.3 is 6.18 Å². The molecule has 2 unspecified atom stereocenters. The lowest BCUT2D eigenvalue weighted by Gasteiger charge is -2.25. The van der Waals surface area contributed by atoms with Gasteiger partial charge in [0.15, 0.2) is 15.0 Å². The number of alkyl halides is 3. The first kappa shape index (κ1) is 15.9. The predicted molar refractivity (Wildman–Crippen MR) is 80.5 cm³/mol. The summed E-state index contributed by atoms with van der Waals surface area (Å²) in [4.78, 5) is 1.30. The molecule has 10 heteroatoms. The number of hydrogen-bond acceptors (Lipinski definition) is 4. The van der Waals surface area contributed by atoms with Crippen LogP contribution in [-0.2, 0) is 16.0 Å². The van der Waals surface area contributed by atoms with Gasteiger partial charge in [-0.1, -0.05) is 23.4 Å². The number of anilines is 1. The third-order valence-electron chi connectivity index (χ3n) is 3.62. The summed E-state index contributed by atoms with van der Waals surface area (Å²) in [5, 5.41) is 7.68. The van der Waals surface area contributed by atoms with E-state index in [2.05, 4.69) is 0 Å². The van der Waals surface area contributed by atoms with Crippen LogP contribution in [0.5, 0.6) is 0 Å². The van der Waals surface area contributed by atoms with E-state index >= 15 is 0 Å². The molecule has 0 saturated carbocycles. The molecule has 2 saturated heterocycles. The van der Waals surface area contributed by atoms with Crippen LogP contribution in [0.25, 0.3) is 0 Å². The SMILES string of the molecule is N=C1SC2CS(=O)(=O)CC2N1c1cc(C(F)(F)F)ccc1Cl. The first-order chi connectivity index (χ1) is 10.1. The monoisotopic (exact) mass is 370 g/mol. The molecular formula is C12H10ClF3N2O2S2. The highest BCUT2D eigenvalue weighted by molar-refractivity contribution is 8.15. The van der Waals surface area contributed by atoms with E-state index in [1.807, 2.05) is 0 Å². The zero-order chi connectivity index (χ0) is 16.3. The lowest BCUT2D eigenvalue weighted by atomic mass is 10.1. The van der Waals surface area contributed by atoms with Gasteiger partial charge in [-0.15, -0.1) is 0 Å². The molecule has 0 radical (unpaired) electrons. The second-order valence-corrected chi connectivity index (χ2v) is 8.93. The normalized spacial score (nSPS) is 27.3. The van der Waals surface area contributed by atoms with E-state index in [0.717, 1.165) is 30.0 Å². The van der Waals surface area contributed by atoms with Crippen LogP contribution in [-0.4, -0.2) is 36.4 Å². The Morgan fingerprint density at radius 2 is 2.00 bits per heavy atom. The molecule has 2 fully saturated rings. The largest absolute Gasteiger partial charge is 0.416 e. The van der Waals surface area contributed by atoms with Crippen molar-refractivity contribution in [1.82, 2.24) is 0 Å². The number of rotatable bonds is 1. The third-order valence-corrected chi connectivity index (χ3v) is 7.07. The second-order valence-electron chi connectivity index (χ2n) is 5.14. The van der Waals surface area contributed by atoms with Crippen molar-refractivity contribution >= 4 is 44.1 Å². The van der Waals surface area contributed by atoms with Crippen LogP contribution < -0.4 is 4.90 Å². The predicted octanol–water partition coefficient (Wildman–Crippen LogP) is 3.01. The van der Waals surface area contributed by atoms with E-state index in [0.29, 0.717) is 0 Å². The van der Waals surface area contributed by atoms with E-state index in [4.69, 9.17) is 17.0 Å². The molecule has 1 N–H and O–H groups in total. The molecule has 3 rings (SSSR count). The van der Waals surface area contributed by atoms with Gasteiger partial charge in [-0.3, -0.25) is 5.41 Å². The van der Waals surface area contributed by atoms with Gasteiger partial charge in [-0.2, -0.15) is 13.2 Å². The van der Waals surface area contributed by atoms with Gasteiger partial charge in [0.25, 0.3) is 0 Å². The summed E-state index contributed by atoms with van der Waals surface area (Å²) in [7, 11) is -3.25. The van der Waals surface area contributed by atoms with E-state index in [-0.39, 0.29) is 32.6 Å². The van der Waals surface area contributed by atoms with Crippen molar-refractivity contribution in [2.45, 2.75) is 17.5 Å². The number of halogens is 4. The van der Waals surface area contributed by atoms with Crippen molar-refractivity contribution in [1.29, 1.82) is 5.41 Å². The highest BCUT2D eigenvalue weighted by atomic mass is 35.5. The highest BCUT2D eigenvalue weighted by Crippen LogP contribution is 2.44. The van der Waals surface area contributed by atoms with Gasteiger partial charge < -0.3 is 4.90 Å². The second kappa shape index (κ2) is 5.04. The molecule has 0 aliphatic carbocycles. The summed E-state index contributed by atoms with van der Waals surface area (Å²) in [6.45, 7) is 0. The molecule has 0 amide bonds. The molecule has 0 bridgehead atoms. The molecule has 0 spiro atoms. The van der Waals surface area contributed by atoms with Crippen LogP contribution in [0, 0.1) is 5.41 Å². The Labute approximate surface area is 134 Å². The van der Waals surface area contributed by atoms with Gasteiger partial charge in [0.2, 0.25) is 0 Å². The lowest BCUT2D eigenvalue weighted by Crippen LogP contribution is -2.37. The molecule has 22 heavy (non-hydrogen) atoms. The van der Waals surface area contributed by atoms with Crippen molar-refractivity contribution in [3.05, 3.63) is 28.8 Å². The van der Waals surface area contributed by atoms with Crippen LogP contribution in [0.3, 0.4) is 0 Å². The minimum Gasteiger partial charge on any atom is -0.315 e. The van der Waals surface area contributed by atoms with Gasteiger partial charge in [0.05, 0.1) is 33.8 Å². The summed E-state index contributed by atoms with van der Waals surface area (Å²) in [5.41, 5.74) is -0.854. The number of benzene rings is 1. The van der Waals surface area contributed by atoms with Crippen molar-refractivity contribution < 1.29 is 21.6 Å². The van der Waals surface area contributed by atoms with Crippen LogP contribution in [0.2, 0.25) is 5.02 Å². The highest BCUT2D eigenvalue weighted by Gasteiger charge is 2.49. The Kier molecular flexibility index (Phi) is 3.65. The molecular weight excluding hydrogens is 361 g/mol. The van der Waals surface area contributed by atoms with Gasteiger partial charge in [0.1, 0.15) is 0 Å². The van der Waals surface area contributed by atoms with Crippen molar-refractivity contribution in [2.24, 2.45) is 0 Å². The maximum absolute atomic E-state index is 12.9. The number of nitrogens with zero attached hydrogens (tertiary/aromatic N) is 1. The Balaban J connectivity index is 2.05. The minimum atomic E-state index is -4.53. The number of thioether (sulfide) groups is 1. The molecule has 4 nitrogen and oxygen atoms in total. The summed E-state index contributed by atoms with van der Waals surface area (Å²) in [5.74, 6) is -0.253. The average molecular weight is 371 g/mol. The first-order valence-corrected chi connectivity index (χ1v) is 9.28. The van der Waals surface area contributed by atoms with E-state index in [9.17, 15) is 21.6 Å². The lowest BCUT2D eigenvalue weighted by molar-refractivity contribution is -0.137. The summed E-state index contributed by atoms with van der Waals surface area (Å²) in [6.07, 6.45) is -4.53. The number of hydrogen-bond donors (Lipinski definition) is 1. The van der Waals surface area contributed by atoms with Crippen LogP contribution in [0.1, 0.15) is 5.56 Å². The molecule has 1 aromatic rings. The van der Waals surface area contributed by atoms with Gasteiger partial charge in [-0.05, 0) is 18.2 Å². The van der Waals surface area contributed by atoms with Crippen molar-refractivity contribution in [3.8, 4) is 0 Å². The average Bonchev–Trinajstić information content (AvgIpc) is 2.79. The molecule has 2 aliphatic rings. The Morgan fingerprint density at radius 1 is 1.32 bits per heavy atom. The molecule has 2 aliphatic heterocycles. The zero-order valence-electron chi connectivity index (χ0n) is 10.9. The fraction of sp³-hybridized carbons (Fsp3) is 0.417. The smallest absolute Gasteiger partial charge is 0.315 e. The Morgan fingerprint density at radius 3 is 2.64 bits per heavy atom. The number of amidine groups is 1. The van der Waals surface area contributed by atoms with Crippen LogP contribution in [0.15, 0.2) is 18.2 Å². The molecule has 2 heterocycles. The van der Waals surface area contributed by atoms with Crippen molar-refractivity contribution in [2.75, 3.05) is 16.4 Å². The standard InChI is InChI=1S/C12H10ClF3N2O2S2/c13-7-2-1-6(12(14,15)16)3-8(7)18-9-4-22(19,20)5-10(9)21-11(18)17/h1-3,9-10,17H,4-5H2. The quantitative estimate of drug-likeness (QED) is 0.825. The number of fused-ring (bicyclic) bond motifs is 1. The van der Waals surface area contributed by atoms with Crippen LogP contribution >= 0.6 is 23.4 Å². The molecule has 1 aromatic carbocycles. The maximum atomic E-state index is 12.9. The topological polar surface area (TPSA) is 61.2 Å². The van der Waals surface area contributed by atoms with Crippen molar-refractivity contribution in [3.63, 3.8) is 0 Å². The first-order valence-electron chi connectivity index (χ1n) is 6.20. The van der Waals surface area contributed by atoms with Gasteiger partial charge in [-0.25, -0.2) is 8.42 Å². The van der Waals surface area contributed by atoms with E-state index in [1.165, 1.54) is 4.90 Å². The maximum Gasteiger partial charge on any atom is 0.416 e. The Hall–Kier alpha value is -0.930. The minimum absolute atomic E-state index is 0.0196. The molecule has 120 valence electrons. The summed E-state index contributed by atoms with van der Waals surface area (Å²) >= 11 is 7.04. The van der Waals surface area contributed by atoms with Crippen LogP contribution in [0.4, 0.5) is 18.9 Å². The fourth-order valence-electron chi connectivity index (χ4n) is 2.66. The van der Waals surface area contributed by atoms with Gasteiger partial charge in [0, 0.05) is 5.25 Å². The summed E-state index contributed by atoms with van der Waals surface area (Å²) in [6, 6.07) is 2.30. The summed E-state index contributed by atoms with van der Waals surface area (Å²) < 4.78 is 62.0. The number of sulfone groups is 1. The van der Waals surface area contributed by atoms with E-state index < -0.39 is 27.6 Å². The Bertz CT molecular complexity index is 751. The third kappa shape index (κ3) is 2.69. The number of nitrogens with one attached hydrogen (secondary N) is 1. The van der Waals surface area contributed by atoms with E-state index in [1.54, 1.807) is 0 Å². The zero-order valence-corrected chi connectivity index (χ0v) is 13.3. The molecule has 0 aromatic heterocycles. The fourth-order valence-corrected chi connectivity index (χ4v) is 6.66.